The Hall–Kier alpha value is -1.43. The molecule has 5 nitrogen and oxygen atoms in total. The molecule has 1 heterocycles. The van der Waals surface area contributed by atoms with Gasteiger partial charge in [0.25, 0.3) is 5.69 Å². The summed E-state index contributed by atoms with van der Waals surface area (Å²) in [5.41, 5.74) is 1.53. The summed E-state index contributed by atoms with van der Waals surface area (Å²) in [5.74, 6) is 0.00419. The van der Waals surface area contributed by atoms with Gasteiger partial charge in [-0.25, -0.2) is 0 Å². The summed E-state index contributed by atoms with van der Waals surface area (Å²) in [6, 6.07) is 4.61. The number of anilines is 1. The molecule has 1 aliphatic heterocycles. The molecule has 0 aliphatic carbocycles. The molecular formula is C13H15BrN2O3. The lowest BCUT2D eigenvalue weighted by molar-refractivity contribution is -0.384. The van der Waals surface area contributed by atoms with Crippen LogP contribution in [0.3, 0.4) is 0 Å². The van der Waals surface area contributed by atoms with Gasteiger partial charge in [0.15, 0.2) is 0 Å². The number of fused-ring (bicyclic) bond motifs is 1. The molecule has 0 fully saturated rings. The van der Waals surface area contributed by atoms with E-state index in [1.807, 2.05) is 0 Å². The number of rotatable bonds is 4. The van der Waals surface area contributed by atoms with Crippen LogP contribution in [0.25, 0.3) is 0 Å². The molecule has 1 aromatic rings. The predicted molar refractivity (Wildman–Crippen MR) is 76.7 cm³/mol. The summed E-state index contributed by atoms with van der Waals surface area (Å²) >= 11 is 3.44. The zero-order valence-electron chi connectivity index (χ0n) is 10.9. The van der Waals surface area contributed by atoms with Crippen LogP contribution in [0.5, 0.6) is 0 Å². The molecule has 102 valence electrons. The van der Waals surface area contributed by atoms with E-state index in [4.69, 9.17) is 0 Å². The molecule has 6 heteroatoms. The van der Waals surface area contributed by atoms with Crippen LogP contribution in [0.4, 0.5) is 11.4 Å². The minimum absolute atomic E-state index is 0.00419. The van der Waals surface area contributed by atoms with Gasteiger partial charge in [-0.2, -0.15) is 0 Å². The first-order chi connectivity index (χ1) is 8.84. The van der Waals surface area contributed by atoms with Gasteiger partial charge >= 0.3 is 0 Å². The predicted octanol–water partition coefficient (Wildman–Crippen LogP) is 2.91. The van der Waals surface area contributed by atoms with Crippen molar-refractivity contribution >= 4 is 33.2 Å². The first-order valence-electron chi connectivity index (χ1n) is 5.98. The monoisotopic (exact) mass is 326 g/mol. The summed E-state index contributed by atoms with van der Waals surface area (Å²) in [6.45, 7) is 4.73. The minimum atomic E-state index is -0.435. The Bertz CT molecular complexity index is 543. The van der Waals surface area contributed by atoms with Crippen molar-refractivity contribution in [3.63, 3.8) is 0 Å². The quantitative estimate of drug-likeness (QED) is 0.485. The van der Waals surface area contributed by atoms with E-state index in [0.29, 0.717) is 6.54 Å². The van der Waals surface area contributed by atoms with E-state index < -0.39 is 4.92 Å². The second-order valence-corrected chi connectivity index (χ2v) is 6.09. The SMILES string of the molecule is CC(C)(CBr)CN1C(=O)Cc2cc([N+](=O)[O-])ccc21. The molecule has 0 aromatic heterocycles. The summed E-state index contributed by atoms with van der Waals surface area (Å²) in [4.78, 5) is 24.1. The Labute approximate surface area is 119 Å². The van der Waals surface area contributed by atoms with E-state index in [0.717, 1.165) is 16.6 Å². The number of halogens is 1. The topological polar surface area (TPSA) is 63.5 Å². The molecule has 0 N–H and O–H groups in total. The van der Waals surface area contributed by atoms with Crippen molar-refractivity contribution in [1.29, 1.82) is 0 Å². The standard InChI is InChI=1S/C13H15BrN2O3/c1-13(2,7-14)8-15-11-4-3-10(16(18)19)5-9(11)6-12(15)17/h3-5H,6-8H2,1-2H3. The smallest absolute Gasteiger partial charge is 0.269 e. The number of carbonyl (C=O) groups is 1. The number of benzene rings is 1. The van der Waals surface area contributed by atoms with Crippen LogP contribution in [0, 0.1) is 15.5 Å². The number of hydrogen-bond donors (Lipinski definition) is 0. The highest BCUT2D eigenvalue weighted by molar-refractivity contribution is 9.09. The third-order valence-corrected chi connectivity index (χ3v) is 4.67. The first-order valence-corrected chi connectivity index (χ1v) is 7.10. The van der Waals surface area contributed by atoms with Gasteiger partial charge in [-0.3, -0.25) is 14.9 Å². The lowest BCUT2D eigenvalue weighted by atomic mass is 9.96. The van der Waals surface area contributed by atoms with Gasteiger partial charge in [0.05, 0.1) is 11.3 Å². The van der Waals surface area contributed by atoms with Gasteiger partial charge in [0.1, 0.15) is 0 Å². The number of alkyl halides is 1. The van der Waals surface area contributed by atoms with Crippen molar-refractivity contribution in [3.8, 4) is 0 Å². The molecule has 1 amide bonds. The largest absolute Gasteiger partial charge is 0.311 e. The Morgan fingerprint density at radius 3 is 2.74 bits per heavy atom. The van der Waals surface area contributed by atoms with E-state index in [1.165, 1.54) is 12.1 Å². The average Bonchev–Trinajstić information content (AvgIpc) is 2.65. The molecule has 0 unspecified atom stereocenters. The number of non-ortho nitro benzene ring substituents is 1. The fourth-order valence-electron chi connectivity index (χ4n) is 2.13. The number of carbonyl (C=O) groups excluding carboxylic acids is 1. The number of nitro groups is 1. The summed E-state index contributed by atoms with van der Waals surface area (Å²) in [5, 5.41) is 11.5. The lowest BCUT2D eigenvalue weighted by Crippen LogP contribution is -2.37. The Morgan fingerprint density at radius 1 is 1.47 bits per heavy atom. The Morgan fingerprint density at radius 2 is 2.16 bits per heavy atom. The van der Waals surface area contributed by atoms with Gasteiger partial charge in [-0.15, -0.1) is 0 Å². The highest BCUT2D eigenvalue weighted by Crippen LogP contribution is 2.34. The number of hydrogen-bond acceptors (Lipinski definition) is 3. The van der Waals surface area contributed by atoms with Crippen molar-refractivity contribution in [2.24, 2.45) is 5.41 Å². The summed E-state index contributed by atoms with van der Waals surface area (Å²) < 4.78 is 0. The highest BCUT2D eigenvalue weighted by Gasteiger charge is 2.32. The molecule has 0 saturated heterocycles. The van der Waals surface area contributed by atoms with Crippen LogP contribution < -0.4 is 4.90 Å². The second-order valence-electron chi connectivity index (χ2n) is 5.52. The molecule has 1 aromatic carbocycles. The van der Waals surface area contributed by atoms with Crippen LogP contribution in [-0.4, -0.2) is 22.7 Å². The fraction of sp³-hybridized carbons (Fsp3) is 0.462. The van der Waals surface area contributed by atoms with E-state index in [-0.39, 0.29) is 23.4 Å². The summed E-state index contributed by atoms with van der Waals surface area (Å²) in [6.07, 6.45) is 0.245. The number of nitro benzene ring substituents is 1. The van der Waals surface area contributed by atoms with Gasteiger partial charge in [-0.05, 0) is 17.0 Å². The molecule has 19 heavy (non-hydrogen) atoms. The summed E-state index contributed by atoms with van der Waals surface area (Å²) in [7, 11) is 0. The first kappa shape index (κ1) is 14.0. The maximum Gasteiger partial charge on any atom is 0.269 e. The maximum atomic E-state index is 12.0. The lowest BCUT2D eigenvalue weighted by Gasteiger charge is -2.28. The van der Waals surface area contributed by atoms with E-state index in [9.17, 15) is 14.9 Å². The van der Waals surface area contributed by atoms with E-state index >= 15 is 0 Å². The molecule has 0 spiro atoms. The van der Waals surface area contributed by atoms with Crippen molar-refractivity contribution in [2.45, 2.75) is 20.3 Å². The maximum absolute atomic E-state index is 12.0. The van der Waals surface area contributed by atoms with Crippen molar-refractivity contribution in [1.82, 2.24) is 0 Å². The highest BCUT2D eigenvalue weighted by atomic mass is 79.9. The van der Waals surface area contributed by atoms with Crippen LogP contribution >= 0.6 is 15.9 Å². The van der Waals surface area contributed by atoms with E-state index in [1.54, 1.807) is 11.0 Å². The van der Waals surface area contributed by atoms with Crippen LogP contribution in [0.2, 0.25) is 0 Å². The van der Waals surface area contributed by atoms with Gasteiger partial charge in [-0.1, -0.05) is 29.8 Å². The van der Waals surface area contributed by atoms with Gasteiger partial charge in [0.2, 0.25) is 5.91 Å². The molecule has 0 radical (unpaired) electrons. The van der Waals surface area contributed by atoms with Crippen molar-refractivity contribution in [3.05, 3.63) is 33.9 Å². The van der Waals surface area contributed by atoms with Gasteiger partial charge < -0.3 is 4.90 Å². The van der Waals surface area contributed by atoms with Crippen molar-refractivity contribution in [2.75, 3.05) is 16.8 Å². The number of amides is 1. The minimum Gasteiger partial charge on any atom is -0.311 e. The van der Waals surface area contributed by atoms with Crippen molar-refractivity contribution < 1.29 is 9.72 Å². The molecule has 0 atom stereocenters. The molecular weight excluding hydrogens is 312 g/mol. The third-order valence-electron chi connectivity index (χ3n) is 3.16. The zero-order valence-corrected chi connectivity index (χ0v) is 12.4. The Kier molecular flexibility index (Phi) is 3.62. The average molecular weight is 327 g/mol. The van der Waals surface area contributed by atoms with E-state index in [2.05, 4.69) is 29.8 Å². The molecule has 0 saturated carbocycles. The Balaban J connectivity index is 2.32. The fourth-order valence-corrected chi connectivity index (χ4v) is 2.30. The van der Waals surface area contributed by atoms with Crippen LogP contribution in [0.15, 0.2) is 18.2 Å². The molecule has 0 bridgehead atoms. The zero-order chi connectivity index (χ0) is 14.2. The molecule has 1 aliphatic rings. The number of nitrogens with zero attached hydrogens (tertiary/aromatic N) is 2. The third kappa shape index (κ3) is 2.78. The van der Waals surface area contributed by atoms with Gasteiger partial charge in [0, 0.05) is 29.7 Å². The second kappa shape index (κ2) is 4.92. The van der Waals surface area contributed by atoms with Crippen LogP contribution in [-0.2, 0) is 11.2 Å². The van der Waals surface area contributed by atoms with Crippen LogP contribution in [0.1, 0.15) is 19.4 Å². The molecule has 2 rings (SSSR count). The normalized spacial score (nSPS) is 14.7.